The lowest BCUT2D eigenvalue weighted by Crippen LogP contribution is -2.42. The van der Waals surface area contributed by atoms with Crippen LogP contribution in [0.1, 0.15) is 74.1 Å². The molecule has 0 aliphatic carbocycles. The minimum Gasteiger partial charge on any atom is -0.457 e. The van der Waals surface area contributed by atoms with Crippen molar-refractivity contribution in [3.63, 3.8) is 0 Å². The van der Waals surface area contributed by atoms with Crippen LogP contribution in [0.15, 0.2) is 36.0 Å². The van der Waals surface area contributed by atoms with Gasteiger partial charge in [0.2, 0.25) is 0 Å². The number of allylic oxidation sites excluding steroid dienone is 2. The van der Waals surface area contributed by atoms with Crippen molar-refractivity contribution in [1.82, 2.24) is 0 Å². The summed E-state index contributed by atoms with van der Waals surface area (Å²) in [5.74, 6) is -1.69. The molecule has 1 fully saturated rings. The highest BCUT2D eigenvalue weighted by molar-refractivity contribution is 5.70. The maximum atomic E-state index is 12.6. The molecule has 9 nitrogen and oxygen atoms in total. The summed E-state index contributed by atoms with van der Waals surface area (Å²) in [6.45, 7) is 12.2. The van der Waals surface area contributed by atoms with Gasteiger partial charge in [-0.2, -0.15) is 0 Å². The fraction of sp³-hybridized carbons (Fsp3) is 0.733. The Kier molecular flexibility index (Phi) is 12.4. The van der Waals surface area contributed by atoms with Gasteiger partial charge in [-0.1, -0.05) is 52.0 Å². The van der Waals surface area contributed by atoms with Gasteiger partial charge >= 0.3 is 11.9 Å². The Labute approximate surface area is 232 Å². The number of cyclic esters (lactones) is 1. The molecule has 9 heteroatoms. The van der Waals surface area contributed by atoms with E-state index < -0.39 is 48.1 Å². The van der Waals surface area contributed by atoms with Gasteiger partial charge in [0.25, 0.3) is 0 Å². The van der Waals surface area contributed by atoms with Gasteiger partial charge in [-0.15, -0.1) is 0 Å². The first-order valence-electron chi connectivity index (χ1n) is 14.0. The van der Waals surface area contributed by atoms with Crippen LogP contribution >= 0.6 is 0 Å². The highest BCUT2D eigenvalue weighted by Crippen LogP contribution is 2.37. The van der Waals surface area contributed by atoms with Crippen molar-refractivity contribution < 1.29 is 44.2 Å². The Morgan fingerprint density at radius 1 is 1.23 bits per heavy atom. The summed E-state index contributed by atoms with van der Waals surface area (Å²) >= 11 is 0. The third kappa shape index (κ3) is 9.83. The van der Waals surface area contributed by atoms with Gasteiger partial charge < -0.3 is 34.6 Å². The summed E-state index contributed by atoms with van der Waals surface area (Å²) in [5, 5.41) is 42.1. The zero-order chi connectivity index (χ0) is 29.5. The minimum absolute atomic E-state index is 0.0547. The van der Waals surface area contributed by atoms with Crippen molar-refractivity contribution in [2.24, 2.45) is 17.8 Å². The molecule has 11 atom stereocenters. The topological polar surface area (TPSA) is 146 Å². The zero-order valence-corrected chi connectivity index (χ0v) is 24.3. The molecule has 0 unspecified atom stereocenters. The van der Waals surface area contributed by atoms with Gasteiger partial charge in [-0.05, 0) is 44.8 Å². The molecular weight excluding hydrogens is 504 g/mol. The summed E-state index contributed by atoms with van der Waals surface area (Å²) in [5.41, 5.74) is -0.691. The predicted octanol–water partition coefficient (Wildman–Crippen LogP) is 2.99. The number of esters is 2. The highest BCUT2D eigenvalue weighted by atomic mass is 16.6. The van der Waals surface area contributed by atoms with Crippen LogP contribution in [-0.2, 0) is 23.8 Å². The number of aliphatic hydroxyl groups excluding tert-OH is 3. The van der Waals surface area contributed by atoms with E-state index in [9.17, 15) is 30.0 Å². The number of epoxide rings is 1. The number of hydrogen-bond donors (Lipinski definition) is 4. The molecule has 0 aromatic carbocycles. The third-order valence-corrected chi connectivity index (χ3v) is 7.82. The Morgan fingerprint density at radius 3 is 2.51 bits per heavy atom. The van der Waals surface area contributed by atoms with E-state index in [2.05, 4.69) is 0 Å². The molecule has 1 saturated heterocycles. The number of rotatable bonds is 9. The van der Waals surface area contributed by atoms with E-state index in [1.807, 2.05) is 46.8 Å². The van der Waals surface area contributed by atoms with Gasteiger partial charge in [-0.25, -0.2) is 0 Å². The van der Waals surface area contributed by atoms with Crippen molar-refractivity contribution in [3.8, 4) is 0 Å². The van der Waals surface area contributed by atoms with Crippen molar-refractivity contribution in [1.29, 1.82) is 0 Å². The Bertz CT molecular complexity index is 908. The summed E-state index contributed by atoms with van der Waals surface area (Å²) in [6.07, 6.45) is 5.19. The fourth-order valence-corrected chi connectivity index (χ4v) is 4.94. The number of hydrogen-bond acceptors (Lipinski definition) is 9. The number of ether oxygens (including phenoxy) is 3. The Balaban J connectivity index is 2.17. The Hall–Kier alpha value is -2.04. The first-order valence-corrected chi connectivity index (χ1v) is 14.0. The number of carbonyl (C=O) groups is 2. The van der Waals surface area contributed by atoms with Crippen molar-refractivity contribution in [3.05, 3.63) is 36.0 Å². The summed E-state index contributed by atoms with van der Waals surface area (Å²) in [7, 11) is 0. The fourth-order valence-electron chi connectivity index (χ4n) is 4.94. The van der Waals surface area contributed by atoms with Crippen LogP contribution in [0, 0.1) is 17.8 Å². The monoisotopic (exact) mass is 552 g/mol. The van der Waals surface area contributed by atoms with Crippen LogP contribution in [0.3, 0.4) is 0 Å². The second-order valence-electron chi connectivity index (χ2n) is 11.5. The van der Waals surface area contributed by atoms with Gasteiger partial charge in [0.1, 0.15) is 23.9 Å². The smallest absolute Gasteiger partial charge is 0.309 e. The standard InChI is InChI=1S/C30H48O9/c1-8-23(33)20(5)28-29(39-28)26(35)17(2)10-9-11-18(3)27-19(4)12-13-24(37-21(6)31)30(7,36)15-14-22(32)16-25(34)38-27/h9-13,17,19-20,22-24,26-29,32-33,35-36H,8,14-16H2,1-7H3/b10-9+,13-12+,18-11+/t17-,19-,20+,22+,23-,24-,26+,27-,28+,29+,30-/m0/s1. The summed E-state index contributed by atoms with van der Waals surface area (Å²) < 4.78 is 16.8. The van der Waals surface area contributed by atoms with Crippen LogP contribution in [0.2, 0.25) is 0 Å². The molecule has 0 aromatic heterocycles. The molecule has 0 radical (unpaired) electrons. The second-order valence-corrected chi connectivity index (χ2v) is 11.5. The Morgan fingerprint density at radius 2 is 1.90 bits per heavy atom. The molecule has 2 aliphatic heterocycles. The molecule has 2 heterocycles. The molecule has 0 spiro atoms. The quantitative estimate of drug-likeness (QED) is 0.147. The number of aliphatic hydroxyl groups is 4. The van der Waals surface area contributed by atoms with E-state index in [1.54, 1.807) is 18.2 Å². The molecule has 39 heavy (non-hydrogen) atoms. The van der Waals surface area contributed by atoms with E-state index in [4.69, 9.17) is 14.2 Å². The molecular formula is C30H48O9. The van der Waals surface area contributed by atoms with E-state index in [1.165, 1.54) is 13.8 Å². The zero-order valence-electron chi connectivity index (χ0n) is 24.3. The first-order chi connectivity index (χ1) is 18.2. The molecule has 4 N–H and O–H groups in total. The molecule has 0 bridgehead atoms. The molecule has 0 aromatic rings. The molecule has 2 aliphatic rings. The van der Waals surface area contributed by atoms with E-state index in [0.717, 1.165) is 5.57 Å². The van der Waals surface area contributed by atoms with Crippen LogP contribution < -0.4 is 0 Å². The lowest BCUT2D eigenvalue weighted by Gasteiger charge is -2.32. The summed E-state index contributed by atoms with van der Waals surface area (Å²) in [4.78, 5) is 24.3. The van der Waals surface area contributed by atoms with Crippen LogP contribution in [0.25, 0.3) is 0 Å². The van der Waals surface area contributed by atoms with Crippen molar-refractivity contribution >= 4 is 11.9 Å². The van der Waals surface area contributed by atoms with Gasteiger partial charge in [0.05, 0.1) is 30.8 Å². The van der Waals surface area contributed by atoms with E-state index in [0.29, 0.717) is 6.42 Å². The van der Waals surface area contributed by atoms with Gasteiger partial charge in [0, 0.05) is 24.7 Å². The maximum Gasteiger partial charge on any atom is 0.309 e. The lowest BCUT2D eigenvalue weighted by molar-refractivity contribution is -0.157. The summed E-state index contributed by atoms with van der Waals surface area (Å²) in [6, 6.07) is 0. The highest BCUT2D eigenvalue weighted by Gasteiger charge is 2.50. The van der Waals surface area contributed by atoms with Crippen molar-refractivity contribution in [2.75, 3.05) is 0 Å². The van der Waals surface area contributed by atoms with Crippen LogP contribution in [0.4, 0.5) is 0 Å². The lowest BCUT2D eigenvalue weighted by atomic mass is 9.88. The van der Waals surface area contributed by atoms with Crippen molar-refractivity contribution in [2.45, 2.75) is 122 Å². The minimum atomic E-state index is -1.43. The molecule has 2 rings (SSSR count). The average Bonchev–Trinajstić information content (AvgIpc) is 3.66. The number of carbonyl (C=O) groups excluding carboxylic acids is 2. The second kappa shape index (κ2) is 14.6. The third-order valence-electron chi connectivity index (χ3n) is 7.82. The van der Waals surface area contributed by atoms with Gasteiger partial charge in [-0.3, -0.25) is 9.59 Å². The molecule has 222 valence electrons. The van der Waals surface area contributed by atoms with E-state index >= 15 is 0 Å². The van der Waals surface area contributed by atoms with E-state index in [-0.39, 0.29) is 49.2 Å². The largest absolute Gasteiger partial charge is 0.457 e. The SMILES string of the molecule is CC[C@H](O)[C@@H](C)[C@H]1O[C@@H]1[C@H](O)[C@@H](C)/C=C/C=C(\C)[C@@H]1OC(=O)C[C@H](O)CC[C@](C)(O)[C@@H](OC(C)=O)/C=C/[C@@H]1C. The first kappa shape index (κ1) is 33.2. The molecule has 0 saturated carbocycles. The van der Waals surface area contributed by atoms with Crippen LogP contribution in [-0.4, -0.2) is 80.7 Å². The predicted molar refractivity (Wildman–Crippen MR) is 146 cm³/mol. The average molecular weight is 553 g/mol. The normalized spacial score (nSPS) is 36.6. The molecule has 0 amide bonds. The van der Waals surface area contributed by atoms with Crippen LogP contribution in [0.5, 0.6) is 0 Å². The van der Waals surface area contributed by atoms with Gasteiger partial charge in [0.15, 0.2) is 0 Å². The maximum absolute atomic E-state index is 12.6.